The molecule has 0 spiro atoms. The molecule has 6 nitrogen and oxygen atoms in total. The predicted octanol–water partition coefficient (Wildman–Crippen LogP) is 5.08. The molecule has 34 heavy (non-hydrogen) atoms. The quantitative estimate of drug-likeness (QED) is 0.424. The van der Waals surface area contributed by atoms with Crippen LogP contribution < -0.4 is 0 Å². The van der Waals surface area contributed by atoms with Gasteiger partial charge in [-0.25, -0.2) is 4.39 Å². The van der Waals surface area contributed by atoms with Crippen molar-refractivity contribution in [2.24, 2.45) is 0 Å². The minimum atomic E-state index is -0.276. The molecule has 2 aromatic heterocycles. The van der Waals surface area contributed by atoms with E-state index in [1.165, 1.54) is 53.6 Å². The maximum Gasteiger partial charge on any atom is 0.233 e. The summed E-state index contributed by atoms with van der Waals surface area (Å²) in [5.41, 5.74) is 2.12. The molecule has 0 aliphatic carbocycles. The molecule has 1 aromatic carbocycles. The molecule has 2 aliphatic rings. The highest BCUT2D eigenvalue weighted by Gasteiger charge is 2.30. The fourth-order valence-electron chi connectivity index (χ4n) is 5.01. The van der Waals surface area contributed by atoms with Crippen molar-refractivity contribution in [3.05, 3.63) is 57.8 Å². The zero-order valence-corrected chi connectivity index (χ0v) is 21.1. The molecular formula is C25H30FN5OS2. The Bertz CT molecular complexity index is 1120. The Balaban J connectivity index is 1.35. The standard InChI is InChI=1S/C25H30FN5OS2/c1-2-21-20-11-15-33-22(20)10-14-30(21)24(32)17-34-25-28-27-23(16-29-12-4-3-5-13-29)31(25)19-8-6-18(26)7-9-19/h6-9,11,15,21H,2-5,10,12-14,16-17H2,1H3. The summed E-state index contributed by atoms with van der Waals surface area (Å²) >= 11 is 3.21. The maximum absolute atomic E-state index is 13.6. The number of carbonyl (C=O) groups is 1. The van der Waals surface area contributed by atoms with E-state index in [9.17, 15) is 9.18 Å². The number of hydrogen-bond acceptors (Lipinski definition) is 6. The highest BCUT2D eigenvalue weighted by molar-refractivity contribution is 7.99. The van der Waals surface area contributed by atoms with Crippen LogP contribution in [0.3, 0.4) is 0 Å². The lowest BCUT2D eigenvalue weighted by Gasteiger charge is -2.35. The van der Waals surface area contributed by atoms with Gasteiger partial charge >= 0.3 is 0 Å². The number of rotatable bonds is 7. The topological polar surface area (TPSA) is 54.3 Å². The molecule has 0 N–H and O–H groups in total. The summed E-state index contributed by atoms with van der Waals surface area (Å²) in [6, 6.07) is 8.72. The number of aromatic nitrogens is 3. The van der Waals surface area contributed by atoms with Crippen LogP contribution in [0, 0.1) is 5.82 Å². The van der Waals surface area contributed by atoms with E-state index in [0.717, 1.165) is 44.0 Å². The van der Waals surface area contributed by atoms with E-state index in [0.29, 0.717) is 17.5 Å². The molecule has 9 heteroatoms. The summed E-state index contributed by atoms with van der Waals surface area (Å²) in [7, 11) is 0. The van der Waals surface area contributed by atoms with Crippen LogP contribution in [-0.2, 0) is 17.8 Å². The van der Waals surface area contributed by atoms with E-state index < -0.39 is 0 Å². The van der Waals surface area contributed by atoms with Crippen LogP contribution >= 0.6 is 23.1 Å². The fraction of sp³-hybridized carbons (Fsp3) is 0.480. The average Bonchev–Trinajstić information content (AvgIpc) is 3.50. The highest BCUT2D eigenvalue weighted by atomic mass is 32.2. The van der Waals surface area contributed by atoms with Crippen molar-refractivity contribution in [3.8, 4) is 5.69 Å². The molecule has 1 atom stereocenters. The van der Waals surface area contributed by atoms with E-state index in [4.69, 9.17) is 0 Å². The molecule has 1 fully saturated rings. The Hall–Kier alpha value is -2.23. The normalized spacial score (nSPS) is 18.8. The Morgan fingerprint density at radius 2 is 1.91 bits per heavy atom. The second kappa shape index (κ2) is 10.6. The molecule has 0 radical (unpaired) electrons. The van der Waals surface area contributed by atoms with E-state index in [2.05, 4.69) is 33.5 Å². The van der Waals surface area contributed by atoms with Crippen molar-refractivity contribution in [1.82, 2.24) is 24.6 Å². The number of thiophene rings is 1. The first kappa shape index (κ1) is 23.5. The van der Waals surface area contributed by atoms with Crippen molar-refractivity contribution in [2.45, 2.75) is 56.8 Å². The van der Waals surface area contributed by atoms with Crippen molar-refractivity contribution in [1.29, 1.82) is 0 Å². The molecule has 1 saturated heterocycles. The number of amides is 1. The van der Waals surface area contributed by atoms with Crippen molar-refractivity contribution in [2.75, 3.05) is 25.4 Å². The highest BCUT2D eigenvalue weighted by Crippen LogP contribution is 2.36. The number of hydrogen-bond donors (Lipinski definition) is 0. The van der Waals surface area contributed by atoms with Gasteiger partial charge in [0.2, 0.25) is 5.91 Å². The number of fused-ring (bicyclic) bond motifs is 1. The molecule has 0 bridgehead atoms. The second-order valence-electron chi connectivity index (χ2n) is 8.90. The molecule has 5 rings (SSSR count). The number of piperidine rings is 1. The van der Waals surface area contributed by atoms with Gasteiger partial charge in [-0.3, -0.25) is 14.3 Å². The zero-order valence-electron chi connectivity index (χ0n) is 19.5. The number of likely N-dealkylation sites (tertiary alicyclic amines) is 1. The van der Waals surface area contributed by atoms with E-state index in [1.807, 2.05) is 9.47 Å². The lowest BCUT2D eigenvalue weighted by Crippen LogP contribution is -2.40. The largest absolute Gasteiger partial charge is 0.335 e. The maximum atomic E-state index is 13.6. The van der Waals surface area contributed by atoms with Gasteiger partial charge in [-0.2, -0.15) is 0 Å². The molecule has 2 aliphatic heterocycles. The smallest absolute Gasteiger partial charge is 0.233 e. The van der Waals surface area contributed by atoms with E-state index >= 15 is 0 Å². The first-order chi connectivity index (χ1) is 16.6. The summed E-state index contributed by atoms with van der Waals surface area (Å²) in [5.74, 6) is 0.983. The van der Waals surface area contributed by atoms with Crippen LogP contribution in [0.1, 0.15) is 54.9 Å². The second-order valence-corrected chi connectivity index (χ2v) is 10.8. The molecule has 0 saturated carbocycles. The van der Waals surface area contributed by atoms with Crippen molar-refractivity contribution >= 4 is 29.0 Å². The fourth-order valence-corrected chi connectivity index (χ4v) is 6.79. The van der Waals surface area contributed by atoms with Crippen molar-refractivity contribution < 1.29 is 9.18 Å². The summed E-state index contributed by atoms with van der Waals surface area (Å²) in [6.45, 7) is 5.70. The monoisotopic (exact) mass is 499 g/mol. The van der Waals surface area contributed by atoms with Crippen molar-refractivity contribution in [3.63, 3.8) is 0 Å². The van der Waals surface area contributed by atoms with Crippen LogP contribution in [-0.4, -0.2) is 55.9 Å². The van der Waals surface area contributed by atoms with Crippen LogP contribution in [0.15, 0.2) is 40.9 Å². The van der Waals surface area contributed by atoms with Gasteiger partial charge in [0.25, 0.3) is 0 Å². The third-order valence-electron chi connectivity index (χ3n) is 6.73. The molecule has 1 amide bonds. The zero-order chi connectivity index (χ0) is 23.5. The van der Waals surface area contributed by atoms with E-state index in [-0.39, 0.29) is 17.8 Å². The lowest BCUT2D eigenvalue weighted by molar-refractivity contribution is -0.131. The Morgan fingerprint density at radius 1 is 1.12 bits per heavy atom. The van der Waals surface area contributed by atoms with Crippen LogP contribution in [0.2, 0.25) is 0 Å². The van der Waals surface area contributed by atoms with Gasteiger partial charge in [-0.1, -0.05) is 25.1 Å². The first-order valence-electron chi connectivity index (χ1n) is 12.0. The molecule has 1 unspecified atom stereocenters. The van der Waals surface area contributed by atoms with Gasteiger partial charge in [0.15, 0.2) is 11.0 Å². The Morgan fingerprint density at radius 3 is 2.68 bits per heavy atom. The average molecular weight is 500 g/mol. The lowest BCUT2D eigenvalue weighted by atomic mass is 9.98. The molecule has 180 valence electrons. The summed E-state index contributed by atoms with van der Waals surface area (Å²) in [4.78, 5) is 19.1. The van der Waals surface area contributed by atoms with Gasteiger partial charge < -0.3 is 4.90 Å². The Labute approximate surface area is 208 Å². The minimum Gasteiger partial charge on any atom is -0.335 e. The van der Waals surface area contributed by atoms with Gasteiger partial charge in [0.1, 0.15) is 5.82 Å². The number of benzene rings is 1. The first-order valence-corrected chi connectivity index (χ1v) is 13.9. The van der Waals surface area contributed by atoms with Gasteiger partial charge in [0.05, 0.1) is 18.3 Å². The molecular weight excluding hydrogens is 469 g/mol. The number of thioether (sulfide) groups is 1. The Kier molecular flexibility index (Phi) is 7.32. The van der Waals surface area contributed by atoms with Gasteiger partial charge in [-0.15, -0.1) is 21.5 Å². The number of halogens is 1. The van der Waals surface area contributed by atoms with Gasteiger partial charge in [0, 0.05) is 17.1 Å². The molecule has 3 aromatic rings. The SMILES string of the molecule is CCC1c2ccsc2CCN1C(=O)CSc1nnc(CN2CCCCC2)n1-c1ccc(F)cc1. The number of carbonyl (C=O) groups excluding carboxylic acids is 1. The predicted molar refractivity (Wildman–Crippen MR) is 134 cm³/mol. The summed E-state index contributed by atoms with van der Waals surface area (Å²) < 4.78 is 15.6. The summed E-state index contributed by atoms with van der Waals surface area (Å²) in [5, 5.41) is 11.7. The third-order valence-corrected chi connectivity index (χ3v) is 8.64. The van der Waals surface area contributed by atoms with Crippen LogP contribution in [0.5, 0.6) is 0 Å². The van der Waals surface area contributed by atoms with Gasteiger partial charge in [-0.05, 0) is 80.0 Å². The van der Waals surface area contributed by atoms with Crippen LogP contribution in [0.25, 0.3) is 5.69 Å². The third kappa shape index (κ3) is 4.92. The summed E-state index contributed by atoms with van der Waals surface area (Å²) in [6.07, 6.45) is 5.49. The minimum absolute atomic E-state index is 0.125. The molecule has 4 heterocycles. The van der Waals surface area contributed by atoms with Crippen LogP contribution in [0.4, 0.5) is 4.39 Å². The number of nitrogens with zero attached hydrogens (tertiary/aromatic N) is 5. The van der Waals surface area contributed by atoms with E-state index in [1.54, 1.807) is 23.5 Å².